The van der Waals surface area contributed by atoms with Gasteiger partial charge in [-0.3, -0.25) is 9.59 Å². The molecule has 9 heteroatoms. The van der Waals surface area contributed by atoms with Crippen molar-refractivity contribution < 1.29 is 23.1 Å². The van der Waals surface area contributed by atoms with Gasteiger partial charge in [-0.2, -0.15) is 4.68 Å². The summed E-state index contributed by atoms with van der Waals surface area (Å²) >= 11 is 0. The van der Waals surface area contributed by atoms with E-state index in [4.69, 9.17) is 9.15 Å². The van der Waals surface area contributed by atoms with Crippen LogP contribution in [0.2, 0.25) is 0 Å². The van der Waals surface area contributed by atoms with Crippen LogP contribution < -0.4 is 11.1 Å². The first-order valence-electron chi connectivity index (χ1n) is 7.60. The zero-order valence-corrected chi connectivity index (χ0v) is 14.0. The summed E-state index contributed by atoms with van der Waals surface area (Å²) in [6, 6.07) is 5.07. The van der Waals surface area contributed by atoms with Crippen molar-refractivity contribution in [2.45, 2.75) is 39.5 Å². The van der Waals surface area contributed by atoms with Crippen LogP contribution in [0.1, 0.15) is 20.8 Å². The van der Waals surface area contributed by atoms with E-state index in [9.17, 15) is 18.8 Å². The number of hydrogen-bond donors (Lipinski definition) is 1. The van der Waals surface area contributed by atoms with Crippen LogP contribution in [0.25, 0.3) is 11.5 Å². The first-order chi connectivity index (χ1) is 11.8. The molecule has 1 atom stereocenters. The van der Waals surface area contributed by atoms with Crippen LogP contribution >= 0.6 is 0 Å². The maximum Gasteiger partial charge on any atom is 0.437 e. The molecule has 2 aromatic rings. The van der Waals surface area contributed by atoms with E-state index in [-0.39, 0.29) is 11.9 Å². The van der Waals surface area contributed by atoms with Crippen LogP contribution in [0.3, 0.4) is 0 Å². The Labute approximate surface area is 142 Å². The maximum absolute atomic E-state index is 12.9. The Kier molecular flexibility index (Phi) is 5.68. The van der Waals surface area contributed by atoms with Crippen molar-refractivity contribution in [1.29, 1.82) is 0 Å². The lowest BCUT2D eigenvalue weighted by Gasteiger charge is -2.15. The van der Waals surface area contributed by atoms with E-state index in [0.29, 0.717) is 5.56 Å². The minimum atomic E-state index is -1.01. The highest BCUT2D eigenvalue weighted by Crippen LogP contribution is 2.15. The Bertz CT molecular complexity index is 810. The van der Waals surface area contributed by atoms with Gasteiger partial charge in [0.2, 0.25) is 5.89 Å². The summed E-state index contributed by atoms with van der Waals surface area (Å²) in [6.45, 7) is 4.46. The maximum atomic E-state index is 12.9. The molecule has 0 spiro atoms. The third-order valence-electron chi connectivity index (χ3n) is 3.08. The molecule has 25 heavy (non-hydrogen) atoms. The normalized spacial score (nSPS) is 12.0. The van der Waals surface area contributed by atoms with Gasteiger partial charge in [-0.1, -0.05) is 0 Å². The predicted molar refractivity (Wildman–Crippen MR) is 85.0 cm³/mol. The molecule has 0 fully saturated rings. The van der Waals surface area contributed by atoms with E-state index in [0.717, 1.165) is 4.68 Å². The van der Waals surface area contributed by atoms with Crippen molar-refractivity contribution in [3.05, 3.63) is 40.6 Å². The number of esters is 1. The minimum absolute atomic E-state index is 0.0524. The molecule has 0 saturated carbocycles. The van der Waals surface area contributed by atoms with Crippen LogP contribution in [-0.4, -0.2) is 33.8 Å². The van der Waals surface area contributed by atoms with Gasteiger partial charge in [0.15, 0.2) is 6.10 Å². The average Bonchev–Trinajstić information content (AvgIpc) is 2.88. The molecule has 0 saturated heterocycles. The number of halogens is 1. The Hall–Kier alpha value is -2.97. The van der Waals surface area contributed by atoms with Crippen molar-refractivity contribution in [3.8, 4) is 11.5 Å². The molecule has 1 unspecified atom stereocenters. The van der Waals surface area contributed by atoms with Gasteiger partial charge in [-0.15, -0.1) is 5.10 Å². The molecule has 0 aliphatic carbocycles. The summed E-state index contributed by atoms with van der Waals surface area (Å²) in [7, 11) is 0. The van der Waals surface area contributed by atoms with Crippen molar-refractivity contribution in [1.82, 2.24) is 15.1 Å². The molecule has 1 N–H and O–H groups in total. The molecule has 134 valence electrons. The fourth-order valence-corrected chi connectivity index (χ4v) is 1.93. The van der Waals surface area contributed by atoms with Gasteiger partial charge in [0.25, 0.3) is 5.91 Å². The Morgan fingerprint density at radius 1 is 1.28 bits per heavy atom. The van der Waals surface area contributed by atoms with Gasteiger partial charge in [-0.25, -0.2) is 9.18 Å². The molecule has 1 heterocycles. The van der Waals surface area contributed by atoms with Crippen LogP contribution in [-0.2, 0) is 20.9 Å². The van der Waals surface area contributed by atoms with Crippen molar-refractivity contribution in [2.75, 3.05) is 0 Å². The Balaban J connectivity index is 2.03. The number of nitrogens with one attached hydrogen (secondary N) is 1. The lowest BCUT2D eigenvalue weighted by atomic mass is 10.2. The highest BCUT2D eigenvalue weighted by atomic mass is 19.1. The number of rotatable bonds is 6. The third kappa shape index (κ3) is 5.00. The van der Waals surface area contributed by atoms with Gasteiger partial charge >= 0.3 is 11.7 Å². The fourth-order valence-electron chi connectivity index (χ4n) is 1.93. The standard InChI is InChI=1S/C16H18FN3O5/c1-9(2)18-14(22)10(3)24-13(21)8-20-16(23)25-15(19-20)11-4-6-12(17)7-5-11/h4-7,9-10H,8H2,1-3H3,(H,18,22). The second-order valence-corrected chi connectivity index (χ2v) is 5.63. The van der Waals surface area contributed by atoms with Crippen LogP contribution in [0.5, 0.6) is 0 Å². The predicted octanol–water partition coefficient (Wildman–Crippen LogP) is 1.10. The summed E-state index contributed by atoms with van der Waals surface area (Å²) in [5, 5.41) is 6.47. The molecule has 1 amide bonds. The molecule has 1 aromatic carbocycles. The lowest BCUT2D eigenvalue weighted by molar-refractivity contribution is -0.155. The quantitative estimate of drug-likeness (QED) is 0.782. The number of nitrogens with zero attached hydrogens (tertiary/aromatic N) is 2. The molecule has 0 bridgehead atoms. The van der Waals surface area contributed by atoms with E-state index >= 15 is 0 Å². The fraction of sp³-hybridized carbons (Fsp3) is 0.375. The summed E-state index contributed by atoms with van der Waals surface area (Å²) < 4.78 is 23.6. The van der Waals surface area contributed by atoms with E-state index < -0.39 is 36.1 Å². The largest absolute Gasteiger partial charge is 0.451 e. The average molecular weight is 351 g/mol. The molecular weight excluding hydrogens is 333 g/mol. The number of ether oxygens (including phenoxy) is 1. The van der Waals surface area contributed by atoms with Crippen LogP contribution in [0.4, 0.5) is 4.39 Å². The van der Waals surface area contributed by atoms with E-state index in [1.807, 2.05) is 0 Å². The van der Waals surface area contributed by atoms with Gasteiger partial charge in [-0.05, 0) is 45.0 Å². The SMILES string of the molecule is CC(C)NC(=O)C(C)OC(=O)Cn1nc(-c2ccc(F)cc2)oc1=O. The van der Waals surface area contributed by atoms with Gasteiger partial charge in [0, 0.05) is 11.6 Å². The Morgan fingerprint density at radius 3 is 2.52 bits per heavy atom. The number of aromatic nitrogens is 2. The van der Waals surface area contributed by atoms with Crippen molar-refractivity contribution in [2.24, 2.45) is 0 Å². The van der Waals surface area contributed by atoms with E-state index in [1.165, 1.54) is 31.2 Å². The van der Waals surface area contributed by atoms with Crippen molar-refractivity contribution in [3.63, 3.8) is 0 Å². The molecule has 0 aliphatic rings. The zero-order valence-electron chi connectivity index (χ0n) is 14.0. The molecular formula is C16H18FN3O5. The number of hydrogen-bond acceptors (Lipinski definition) is 6. The van der Waals surface area contributed by atoms with Crippen LogP contribution in [0.15, 0.2) is 33.5 Å². The topological polar surface area (TPSA) is 103 Å². The molecule has 1 aromatic heterocycles. The highest BCUT2D eigenvalue weighted by molar-refractivity contribution is 5.83. The molecule has 0 aliphatic heterocycles. The summed E-state index contributed by atoms with van der Waals surface area (Å²) in [6.07, 6.45) is -1.01. The van der Waals surface area contributed by atoms with Crippen molar-refractivity contribution >= 4 is 11.9 Å². The van der Waals surface area contributed by atoms with Gasteiger partial charge in [0.1, 0.15) is 12.4 Å². The lowest BCUT2D eigenvalue weighted by Crippen LogP contribution is -2.40. The van der Waals surface area contributed by atoms with Crippen LogP contribution in [0, 0.1) is 5.82 Å². The van der Waals surface area contributed by atoms with Gasteiger partial charge < -0.3 is 14.5 Å². The summed E-state index contributed by atoms with van der Waals surface area (Å²) in [5.41, 5.74) is 0.385. The molecule has 0 radical (unpaired) electrons. The molecule has 8 nitrogen and oxygen atoms in total. The first-order valence-corrected chi connectivity index (χ1v) is 7.60. The van der Waals surface area contributed by atoms with E-state index in [1.54, 1.807) is 13.8 Å². The second kappa shape index (κ2) is 7.73. The Morgan fingerprint density at radius 2 is 1.92 bits per heavy atom. The molecule has 2 rings (SSSR count). The third-order valence-corrected chi connectivity index (χ3v) is 3.08. The number of benzene rings is 1. The van der Waals surface area contributed by atoms with E-state index in [2.05, 4.69) is 10.4 Å². The monoisotopic (exact) mass is 351 g/mol. The zero-order chi connectivity index (χ0) is 18.6. The summed E-state index contributed by atoms with van der Waals surface area (Å²) in [5.74, 6) is -2.61. The summed E-state index contributed by atoms with van der Waals surface area (Å²) in [4.78, 5) is 35.3. The first kappa shape index (κ1) is 18.4. The minimum Gasteiger partial charge on any atom is -0.451 e. The second-order valence-electron chi connectivity index (χ2n) is 5.63. The van der Waals surface area contributed by atoms with Gasteiger partial charge in [0.05, 0.1) is 0 Å². The number of carbonyl (C=O) groups is 2. The smallest absolute Gasteiger partial charge is 0.437 e. The highest BCUT2D eigenvalue weighted by Gasteiger charge is 2.20. The number of amides is 1. The number of carbonyl (C=O) groups excluding carboxylic acids is 2.